The van der Waals surface area contributed by atoms with Gasteiger partial charge in [0.25, 0.3) is 0 Å². The summed E-state index contributed by atoms with van der Waals surface area (Å²) < 4.78 is 5.47. The second kappa shape index (κ2) is 5.97. The lowest BCUT2D eigenvalue weighted by Crippen LogP contribution is -2.21. The Balaban J connectivity index is 2.14. The van der Waals surface area contributed by atoms with Gasteiger partial charge in [0.2, 0.25) is 0 Å². The van der Waals surface area contributed by atoms with E-state index in [9.17, 15) is 0 Å². The molecule has 18 heavy (non-hydrogen) atoms. The van der Waals surface area contributed by atoms with Gasteiger partial charge in [-0.2, -0.15) is 0 Å². The minimum Gasteiger partial charge on any atom is -0.494 e. The van der Waals surface area contributed by atoms with Crippen LogP contribution in [0.4, 0.5) is 0 Å². The second-order valence-corrected chi connectivity index (χ2v) is 5.72. The van der Waals surface area contributed by atoms with Crippen LogP contribution < -0.4 is 4.74 Å². The van der Waals surface area contributed by atoms with E-state index >= 15 is 0 Å². The molecule has 0 aliphatic heterocycles. The van der Waals surface area contributed by atoms with E-state index in [1.54, 1.807) is 0 Å². The summed E-state index contributed by atoms with van der Waals surface area (Å²) in [5, 5.41) is 0.140. The van der Waals surface area contributed by atoms with Crippen LogP contribution in [0.25, 0.3) is 0 Å². The molecule has 0 amide bonds. The fourth-order valence-electron chi connectivity index (χ4n) is 3.12. The van der Waals surface area contributed by atoms with E-state index in [2.05, 4.69) is 19.1 Å². The highest BCUT2D eigenvalue weighted by atomic mass is 35.5. The zero-order valence-corrected chi connectivity index (χ0v) is 12.2. The largest absolute Gasteiger partial charge is 0.494 e. The average molecular weight is 267 g/mol. The number of alkyl halides is 1. The van der Waals surface area contributed by atoms with Crippen molar-refractivity contribution in [2.45, 2.75) is 51.3 Å². The van der Waals surface area contributed by atoms with Gasteiger partial charge in [0.15, 0.2) is 0 Å². The number of hydrogen-bond acceptors (Lipinski definition) is 1. The summed E-state index contributed by atoms with van der Waals surface area (Å²) in [4.78, 5) is 0. The molecule has 1 aromatic carbocycles. The predicted octanol–water partition coefficient (Wildman–Crippen LogP) is 5.34. The summed E-state index contributed by atoms with van der Waals surface area (Å²) in [5.74, 6) is 0.932. The van der Waals surface area contributed by atoms with Crippen LogP contribution in [-0.4, -0.2) is 6.61 Å². The molecular formula is C16H23ClO. The Morgan fingerprint density at radius 2 is 1.78 bits per heavy atom. The molecule has 1 unspecified atom stereocenters. The third kappa shape index (κ3) is 2.66. The standard InChI is InChI=1S/C16H23ClO/c1-3-16(11-5-6-12-16)15(17)13-7-9-14(10-8-13)18-4-2/h7-10,15H,3-6,11-12H2,1-2H3. The van der Waals surface area contributed by atoms with E-state index in [-0.39, 0.29) is 5.38 Å². The van der Waals surface area contributed by atoms with Gasteiger partial charge < -0.3 is 4.74 Å². The first-order valence-corrected chi connectivity index (χ1v) is 7.52. The number of benzene rings is 1. The molecule has 100 valence electrons. The van der Waals surface area contributed by atoms with Gasteiger partial charge in [0.05, 0.1) is 12.0 Å². The maximum Gasteiger partial charge on any atom is 0.119 e. The van der Waals surface area contributed by atoms with Crippen molar-refractivity contribution in [2.24, 2.45) is 5.41 Å². The van der Waals surface area contributed by atoms with Crippen LogP contribution in [0, 0.1) is 5.41 Å². The van der Waals surface area contributed by atoms with Gasteiger partial charge in [-0.1, -0.05) is 31.9 Å². The maximum absolute atomic E-state index is 6.76. The molecule has 1 aliphatic rings. The molecule has 1 aliphatic carbocycles. The molecule has 2 rings (SSSR count). The third-order valence-electron chi connectivity index (χ3n) is 4.32. The van der Waals surface area contributed by atoms with Crippen LogP contribution in [0.3, 0.4) is 0 Å². The highest BCUT2D eigenvalue weighted by molar-refractivity contribution is 6.21. The topological polar surface area (TPSA) is 9.23 Å². The second-order valence-electron chi connectivity index (χ2n) is 5.29. The summed E-state index contributed by atoms with van der Waals surface area (Å²) in [6.07, 6.45) is 6.37. The fourth-order valence-corrected chi connectivity index (χ4v) is 3.64. The highest BCUT2D eigenvalue weighted by Gasteiger charge is 2.39. The van der Waals surface area contributed by atoms with Crippen LogP contribution in [0.1, 0.15) is 56.9 Å². The summed E-state index contributed by atoms with van der Waals surface area (Å²) in [7, 11) is 0. The Kier molecular flexibility index (Phi) is 4.55. The van der Waals surface area contributed by atoms with E-state index in [1.165, 1.54) is 37.7 Å². The fraction of sp³-hybridized carbons (Fsp3) is 0.625. The van der Waals surface area contributed by atoms with Crippen molar-refractivity contribution in [2.75, 3.05) is 6.61 Å². The van der Waals surface area contributed by atoms with Gasteiger partial charge in [0.1, 0.15) is 5.75 Å². The molecule has 1 aromatic rings. The quantitative estimate of drug-likeness (QED) is 0.654. The molecule has 0 saturated heterocycles. The van der Waals surface area contributed by atoms with Crippen molar-refractivity contribution in [3.63, 3.8) is 0 Å². The minimum absolute atomic E-state index is 0.140. The van der Waals surface area contributed by atoms with Crippen LogP contribution in [0.15, 0.2) is 24.3 Å². The first kappa shape index (κ1) is 13.7. The normalized spacial score (nSPS) is 19.7. The lowest BCUT2D eigenvalue weighted by molar-refractivity contribution is 0.270. The van der Waals surface area contributed by atoms with Gasteiger partial charge in [-0.3, -0.25) is 0 Å². The smallest absolute Gasteiger partial charge is 0.119 e. The number of hydrogen-bond donors (Lipinski definition) is 0. The van der Waals surface area contributed by atoms with E-state index in [4.69, 9.17) is 16.3 Å². The number of halogens is 1. The molecule has 1 saturated carbocycles. The Labute approximate surface area is 115 Å². The van der Waals surface area contributed by atoms with Crippen LogP contribution in [0.5, 0.6) is 5.75 Å². The SMILES string of the molecule is CCOc1ccc(C(Cl)C2(CC)CCCC2)cc1. The van der Waals surface area contributed by atoms with Crippen molar-refractivity contribution < 1.29 is 4.74 Å². The molecule has 0 N–H and O–H groups in total. The minimum atomic E-state index is 0.140. The molecule has 0 bridgehead atoms. The van der Waals surface area contributed by atoms with Gasteiger partial charge in [-0.15, -0.1) is 11.6 Å². The number of ether oxygens (including phenoxy) is 1. The first-order valence-electron chi connectivity index (χ1n) is 7.08. The summed E-state index contributed by atoms with van der Waals surface area (Å²) in [5.41, 5.74) is 1.55. The molecule has 0 radical (unpaired) electrons. The number of rotatable bonds is 5. The maximum atomic E-state index is 6.76. The van der Waals surface area contributed by atoms with Gasteiger partial charge in [0, 0.05) is 0 Å². The Bertz CT molecular complexity index is 365. The van der Waals surface area contributed by atoms with Crippen molar-refractivity contribution in [3.05, 3.63) is 29.8 Å². The molecule has 0 aromatic heterocycles. The van der Waals surface area contributed by atoms with Crippen LogP contribution in [-0.2, 0) is 0 Å². The Hall–Kier alpha value is -0.690. The zero-order valence-electron chi connectivity index (χ0n) is 11.4. The van der Waals surface area contributed by atoms with Gasteiger partial charge in [-0.05, 0) is 49.3 Å². The zero-order chi connectivity index (χ0) is 13.0. The summed E-state index contributed by atoms with van der Waals surface area (Å²) >= 11 is 6.76. The van der Waals surface area contributed by atoms with Crippen molar-refractivity contribution >= 4 is 11.6 Å². The van der Waals surface area contributed by atoms with E-state index in [1.807, 2.05) is 19.1 Å². The summed E-state index contributed by atoms with van der Waals surface area (Å²) in [6, 6.07) is 8.32. The van der Waals surface area contributed by atoms with E-state index < -0.39 is 0 Å². The van der Waals surface area contributed by atoms with E-state index in [0.29, 0.717) is 12.0 Å². The highest BCUT2D eigenvalue weighted by Crippen LogP contribution is 2.53. The molecule has 1 nitrogen and oxygen atoms in total. The van der Waals surface area contributed by atoms with Crippen LogP contribution >= 0.6 is 11.6 Å². The van der Waals surface area contributed by atoms with Crippen molar-refractivity contribution in [1.82, 2.24) is 0 Å². The molecule has 0 spiro atoms. The molecular weight excluding hydrogens is 244 g/mol. The molecule has 0 heterocycles. The molecule has 1 atom stereocenters. The average Bonchev–Trinajstić information content (AvgIpc) is 2.89. The predicted molar refractivity (Wildman–Crippen MR) is 77.4 cm³/mol. The van der Waals surface area contributed by atoms with E-state index in [0.717, 1.165) is 5.75 Å². The Morgan fingerprint density at radius 1 is 1.17 bits per heavy atom. The monoisotopic (exact) mass is 266 g/mol. The molecule has 1 fully saturated rings. The lowest BCUT2D eigenvalue weighted by Gasteiger charge is -2.33. The van der Waals surface area contributed by atoms with Crippen LogP contribution in [0.2, 0.25) is 0 Å². The lowest BCUT2D eigenvalue weighted by atomic mass is 9.77. The van der Waals surface area contributed by atoms with Gasteiger partial charge in [-0.25, -0.2) is 0 Å². The first-order chi connectivity index (χ1) is 8.72. The van der Waals surface area contributed by atoms with Gasteiger partial charge >= 0.3 is 0 Å². The van der Waals surface area contributed by atoms with Crippen molar-refractivity contribution in [3.8, 4) is 5.75 Å². The molecule has 2 heteroatoms. The Morgan fingerprint density at radius 3 is 2.28 bits per heavy atom. The van der Waals surface area contributed by atoms with Crippen molar-refractivity contribution in [1.29, 1.82) is 0 Å². The third-order valence-corrected chi connectivity index (χ3v) is 5.04. The summed E-state index contributed by atoms with van der Waals surface area (Å²) in [6.45, 7) is 4.99.